The fourth-order valence-electron chi connectivity index (χ4n) is 2.47. The SMILES string of the molecule is CC(C)(C)c1ccc(C2=C[CH]C(C(C)(C)C)C=C2)cc1. The number of rotatable bonds is 1. The van der Waals surface area contributed by atoms with E-state index in [1.807, 2.05) is 0 Å². The highest BCUT2D eigenvalue weighted by Gasteiger charge is 2.23. The summed E-state index contributed by atoms with van der Waals surface area (Å²) in [5.74, 6) is 0.528. The van der Waals surface area contributed by atoms with Crippen LogP contribution in [0.3, 0.4) is 0 Å². The lowest BCUT2D eigenvalue weighted by atomic mass is 9.76. The van der Waals surface area contributed by atoms with Gasteiger partial charge < -0.3 is 0 Å². The normalized spacial score (nSPS) is 19.9. The fourth-order valence-corrected chi connectivity index (χ4v) is 2.47. The van der Waals surface area contributed by atoms with Crippen molar-refractivity contribution in [2.45, 2.75) is 47.0 Å². The zero-order chi connectivity index (χ0) is 15.0. The highest BCUT2D eigenvalue weighted by atomic mass is 14.3. The van der Waals surface area contributed by atoms with Gasteiger partial charge in [0.15, 0.2) is 0 Å². The molecule has 0 aliphatic heterocycles. The first-order valence-electron chi connectivity index (χ1n) is 7.52. The van der Waals surface area contributed by atoms with Crippen molar-refractivity contribution in [2.24, 2.45) is 11.3 Å². The van der Waals surface area contributed by atoms with Crippen LogP contribution in [-0.4, -0.2) is 0 Å². The van der Waals surface area contributed by atoms with Crippen LogP contribution in [0, 0.1) is 17.8 Å². The maximum Gasteiger partial charge on any atom is -0.00870 e. The molecular formula is C20H27. The summed E-state index contributed by atoms with van der Waals surface area (Å²) in [6.45, 7) is 13.6. The van der Waals surface area contributed by atoms with Gasteiger partial charge in [-0.1, -0.05) is 84.0 Å². The van der Waals surface area contributed by atoms with Crippen molar-refractivity contribution in [3.05, 3.63) is 60.0 Å². The van der Waals surface area contributed by atoms with Gasteiger partial charge in [-0.3, -0.25) is 0 Å². The Bertz CT molecular complexity index is 513. The Balaban J connectivity index is 2.15. The minimum Gasteiger partial charge on any atom is -0.0797 e. The highest BCUT2D eigenvalue weighted by molar-refractivity contribution is 5.76. The van der Waals surface area contributed by atoms with Crippen molar-refractivity contribution < 1.29 is 0 Å². The molecule has 107 valence electrons. The summed E-state index contributed by atoms with van der Waals surface area (Å²) >= 11 is 0. The molecule has 0 N–H and O–H groups in total. The van der Waals surface area contributed by atoms with Crippen LogP contribution in [0.25, 0.3) is 5.57 Å². The zero-order valence-corrected chi connectivity index (χ0v) is 13.7. The van der Waals surface area contributed by atoms with Crippen LogP contribution in [0.1, 0.15) is 52.7 Å². The predicted octanol–water partition coefficient (Wildman–Crippen LogP) is 5.80. The maximum absolute atomic E-state index is 2.33. The molecule has 20 heavy (non-hydrogen) atoms. The summed E-state index contributed by atoms with van der Waals surface area (Å²) in [4.78, 5) is 0. The van der Waals surface area contributed by atoms with E-state index in [1.165, 1.54) is 16.7 Å². The van der Waals surface area contributed by atoms with Gasteiger partial charge in [-0.25, -0.2) is 0 Å². The Morgan fingerprint density at radius 3 is 1.85 bits per heavy atom. The summed E-state index contributed by atoms with van der Waals surface area (Å²) in [5.41, 5.74) is 4.52. The molecule has 2 rings (SSSR count). The van der Waals surface area contributed by atoms with Crippen LogP contribution >= 0.6 is 0 Å². The quantitative estimate of drug-likeness (QED) is 0.603. The average Bonchev–Trinajstić information content (AvgIpc) is 2.37. The zero-order valence-electron chi connectivity index (χ0n) is 13.7. The third kappa shape index (κ3) is 3.42. The van der Waals surface area contributed by atoms with E-state index in [-0.39, 0.29) is 5.41 Å². The van der Waals surface area contributed by atoms with Gasteiger partial charge in [0.25, 0.3) is 0 Å². The molecule has 0 heteroatoms. The Hall–Kier alpha value is -1.30. The Morgan fingerprint density at radius 1 is 0.850 bits per heavy atom. The number of benzene rings is 1. The van der Waals surface area contributed by atoms with Crippen LogP contribution < -0.4 is 0 Å². The van der Waals surface area contributed by atoms with Crippen molar-refractivity contribution in [3.63, 3.8) is 0 Å². The van der Waals surface area contributed by atoms with Crippen molar-refractivity contribution in [1.82, 2.24) is 0 Å². The smallest absolute Gasteiger partial charge is 0.00870 e. The van der Waals surface area contributed by atoms with E-state index in [0.29, 0.717) is 11.3 Å². The molecule has 0 fully saturated rings. The Labute approximate surface area is 124 Å². The predicted molar refractivity (Wildman–Crippen MR) is 89.5 cm³/mol. The van der Waals surface area contributed by atoms with Crippen molar-refractivity contribution in [2.75, 3.05) is 0 Å². The molecule has 0 aromatic heterocycles. The van der Waals surface area contributed by atoms with Crippen LogP contribution in [0.2, 0.25) is 0 Å². The minimum atomic E-state index is 0.221. The van der Waals surface area contributed by atoms with Crippen LogP contribution in [0.15, 0.2) is 42.5 Å². The summed E-state index contributed by atoms with van der Waals surface area (Å²) in [5, 5.41) is 0. The minimum absolute atomic E-state index is 0.221. The van der Waals surface area contributed by atoms with E-state index in [2.05, 4.69) is 90.5 Å². The van der Waals surface area contributed by atoms with E-state index in [4.69, 9.17) is 0 Å². The van der Waals surface area contributed by atoms with Gasteiger partial charge in [0.1, 0.15) is 0 Å². The Kier molecular flexibility index (Phi) is 3.95. The van der Waals surface area contributed by atoms with Gasteiger partial charge in [-0.05, 0) is 39.9 Å². The van der Waals surface area contributed by atoms with Crippen molar-refractivity contribution in [1.29, 1.82) is 0 Å². The van der Waals surface area contributed by atoms with Gasteiger partial charge in [-0.15, -0.1) is 0 Å². The second-order valence-corrected chi connectivity index (χ2v) is 7.89. The first kappa shape index (κ1) is 15.1. The standard InChI is InChI=1S/C20H27/c1-19(2,3)17-11-7-15(8-12-17)16-9-13-18(14-10-16)20(4,5)6/h7-14,17H,1-6H3. The van der Waals surface area contributed by atoms with E-state index >= 15 is 0 Å². The average molecular weight is 267 g/mol. The summed E-state index contributed by atoms with van der Waals surface area (Å²) in [6, 6.07) is 8.98. The number of hydrogen-bond acceptors (Lipinski definition) is 0. The van der Waals surface area contributed by atoms with Crippen LogP contribution in [-0.2, 0) is 5.41 Å². The van der Waals surface area contributed by atoms with Gasteiger partial charge in [0, 0.05) is 0 Å². The number of allylic oxidation sites excluding steroid dienone is 4. The monoisotopic (exact) mass is 267 g/mol. The first-order chi connectivity index (χ1) is 9.18. The second kappa shape index (κ2) is 5.24. The molecule has 1 aromatic carbocycles. The lowest BCUT2D eigenvalue weighted by Crippen LogP contribution is -2.19. The highest BCUT2D eigenvalue weighted by Crippen LogP contribution is 2.35. The molecule has 0 spiro atoms. The largest absolute Gasteiger partial charge is 0.0797 e. The van der Waals surface area contributed by atoms with Gasteiger partial charge in [0.05, 0.1) is 0 Å². The van der Waals surface area contributed by atoms with E-state index in [0.717, 1.165) is 0 Å². The van der Waals surface area contributed by atoms with Crippen LogP contribution in [0.4, 0.5) is 0 Å². The van der Waals surface area contributed by atoms with Gasteiger partial charge in [0.2, 0.25) is 0 Å². The van der Waals surface area contributed by atoms with E-state index in [9.17, 15) is 0 Å². The third-order valence-corrected chi connectivity index (χ3v) is 4.05. The van der Waals surface area contributed by atoms with Gasteiger partial charge in [-0.2, -0.15) is 0 Å². The molecular weight excluding hydrogens is 240 g/mol. The summed E-state index contributed by atoms with van der Waals surface area (Å²) in [6.07, 6.45) is 9.18. The van der Waals surface area contributed by atoms with Gasteiger partial charge >= 0.3 is 0 Å². The van der Waals surface area contributed by atoms with Crippen molar-refractivity contribution >= 4 is 5.57 Å². The molecule has 1 aliphatic rings. The number of hydrogen-bond donors (Lipinski definition) is 0. The second-order valence-electron chi connectivity index (χ2n) is 7.89. The van der Waals surface area contributed by atoms with E-state index in [1.54, 1.807) is 0 Å². The third-order valence-electron chi connectivity index (χ3n) is 4.05. The van der Waals surface area contributed by atoms with Crippen LogP contribution in [0.5, 0.6) is 0 Å². The fraction of sp³-hybridized carbons (Fsp3) is 0.450. The maximum atomic E-state index is 2.33. The molecule has 1 aromatic rings. The Morgan fingerprint density at radius 2 is 1.45 bits per heavy atom. The molecule has 0 heterocycles. The molecule has 1 radical (unpaired) electrons. The van der Waals surface area contributed by atoms with E-state index < -0.39 is 0 Å². The molecule has 1 unspecified atom stereocenters. The summed E-state index contributed by atoms with van der Waals surface area (Å²) in [7, 11) is 0. The molecule has 0 bridgehead atoms. The molecule has 0 nitrogen and oxygen atoms in total. The lowest BCUT2D eigenvalue weighted by molar-refractivity contribution is 0.330. The first-order valence-corrected chi connectivity index (χ1v) is 7.52. The molecule has 1 aliphatic carbocycles. The van der Waals surface area contributed by atoms with Crippen molar-refractivity contribution in [3.8, 4) is 0 Å². The molecule has 0 amide bonds. The summed E-state index contributed by atoms with van der Waals surface area (Å²) < 4.78 is 0. The molecule has 0 saturated carbocycles. The topological polar surface area (TPSA) is 0 Å². The lowest BCUT2D eigenvalue weighted by Gasteiger charge is -2.29. The molecule has 1 atom stereocenters. The molecule has 0 saturated heterocycles.